The van der Waals surface area contributed by atoms with Crippen molar-refractivity contribution in [3.63, 3.8) is 0 Å². The summed E-state index contributed by atoms with van der Waals surface area (Å²) in [5.74, 6) is -1.26. The van der Waals surface area contributed by atoms with Crippen molar-refractivity contribution in [3.8, 4) is 5.75 Å². The molecule has 0 spiro atoms. The van der Waals surface area contributed by atoms with Crippen molar-refractivity contribution in [1.82, 2.24) is 4.98 Å². The Bertz CT molecular complexity index is 553. The summed E-state index contributed by atoms with van der Waals surface area (Å²) in [6.45, 7) is 1.99. The summed E-state index contributed by atoms with van der Waals surface area (Å²) in [7, 11) is 0. The Morgan fingerprint density at radius 3 is 2.50 bits per heavy atom. The Balaban J connectivity index is 2.13. The Hall–Kier alpha value is -2.17. The second-order valence-corrected chi connectivity index (χ2v) is 3.93. The van der Waals surface area contributed by atoms with E-state index in [0.717, 1.165) is 11.8 Å². The summed E-state index contributed by atoms with van der Waals surface area (Å²) in [5, 5.41) is 12.4. The summed E-state index contributed by atoms with van der Waals surface area (Å²) in [6.07, 6.45) is 0. The summed E-state index contributed by atoms with van der Waals surface area (Å²) < 4.78 is 25.9. The van der Waals surface area contributed by atoms with Crippen molar-refractivity contribution in [2.45, 2.75) is 13.5 Å². The number of halogens is 2. The van der Waals surface area contributed by atoms with Gasteiger partial charge in [0.25, 0.3) is 0 Å². The van der Waals surface area contributed by atoms with E-state index in [-0.39, 0.29) is 12.3 Å². The molecule has 1 aromatic heterocycles. The molecule has 1 aromatic carbocycles. The van der Waals surface area contributed by atoms with E-state index in [2.05, 4.69) is 10.3 Å². The first-order chi connectivity index (χ1) is 8.54. The van der Waals surface area contributed by atoms with E-state index < -0.39 is 11.6 Å². The zero-order valence-corrected chi connectivity index (χ0v) is 9.74. The molecule has 0 fully saturated rings. The highest BCUT2D eigenvalue weighted by Crippen LogP contribution is 2.18. The molecule has 2 N–H and O–H groups in total. The van der Waals surface area contributed by atoms with Crippen molar-refractivity contribution < 1.29 is 13.9 Å². The summed E-state index contributed by atoms with van der Waals surface area (Å²) in [6, 6.07) is 6.37. The van der Waals surface area contributed by atoms with Crippen LogP contribution >= 0.6 is 0 Å². The van der Waals surface area contributed by atoms with Crippen LogP contribution in [0.25, 0.3) is 0 Å². The number of rotatable bonds is 3. The molecular weight excluding hydrogens is 238 g/mol. The van der Waals surface area contributed by atoms with Crippen molar-refractivity contribution in [2.24, 2.45) is 0 Å². The van der Waals surface area contributed by atoms with Gasteiger partial charge in [-0.25, -0.2) is 8.78 Å². The molecule has 0 amide bonds. The zero-order chi connectivity index (χ0) is 13.1. The average Bonchev–Trinajstić information content (AvgIpc) is 2.29. The molecule has 0 aliphatic carbocycles. The lowest BCUT2D eigenvalue weighted by atomic mass is 10.2. The van der Waals surface area contributed by atoms with Gasteiger partial charge in [-0.05, 0) is 31.2 Å². The Morgan fingerprint density at radius 1 is 1.17 bits per heavy atom. The van der Waals surface area contributed by atoms with Crippen LogP contribution in [0.5, 0.6) is 5.75 Å². The SMILES string of the molecule is Cc1ccc(O)c(CNc2cc(F)cc(F)c2)n1. The second-order valence-electron chi connectivity index (χ2n) is 3.93. The van der Waals surface area contributed by atoms with Gasteiger partial charge in [-0.1, -0.05) is 0 Å². The molecule has 94 valence electrons. The molecule has 0 unspecified atom stereocenters. The summed E-state index contributed by atoms with van der Waals surface area (Å²) >= 11 is 0. The fraction of sp³-hybridized carbons (Fsp3) is 0.154. The van der Waals surface area contributed by atoms with E-state index in [4.69, 9.17) is 0 Å². The number of aromatic hydroxyl groups is 1. The highest BCUT2D eigenvalue weighted by molar-refractivity contribution is 5.44. The van der Waals surface area contributed by atoms with E-state index in [9.17, 15) is 13.9 Å². The van der Waals surface area contributed by atoms with Gasteiger partial charge in [-0.2, -0.15) is 0 Å². The third kappa shape index (κ3) is 2.94. The fourth-order valence-corrected chi connectivity index (χ4v) is 1.57. The van der Waals surface area contributed by atoms with Gasteiger partial charge in [0.15, 0.2) is 0 Å². The number of aromatic nitrogens is 1. The van der Waals surface area contributed by atoms with Crippen LogP contribution in [0.2, 0.25) is 0 Å². The Labute approximate surface area is 103 Å². The molecule has 0 atom stereocenters. The first-order valence-electron chi connectivity index (χ1n) is 5.40. The van der Waals surface area contributed by atoms with Crippen LogP contribution in [0.1, 0.15) is 11.4 Å². The summed E-state index contributed by atoms with van der Waals surface area (Å²) in [5.41, 5.74) is 1.49. The van der Waals surface area contributed by atoms with Gasteiger partial charge >= 0.3 is 0 Å². The molecule has 1 heterocycles. The lowest BCUT2D eigenvalue weighted by molar-refractivity contribution is 0.464. The molecule has 0 radical (unpaired) electrons. The van der Waals surface area contributed by atoms with Crippen LogP contribution in [0.4, 0.5) is 14.5 Å². The molecule has 2 aromatic rings. The maximum atomic E-state index is 13.0. The molecule has 3 nitrogen and oxygen atoms in total. The summed E-state index contributed by atoms with van der Waals surface area (Å²) in [4.78, 5) is 4.13. The normalized spacial score (nSPS) is 10.4. The highest BCUT2D eigenvalue weighted by Gasteiger charge is 2.04. The lowest BCUT2D eigenvalue weighted by Gasteiger charge is -2.08. The zero-order valence-electron chi connectivity index (χ0n) is 9.74. The topological polar surface area (TPSA) is 45.1 Å². The van der Waals surface area contributed by atoms with E-state index in [0.29, 0.717) is 11.4 Å². The first kappa shape index (κ1) is 12.3. The Morgan fingerprint density at radius 2 is 1.83 bits per heavy atom. The van der Waals surface area contributed by atoms with E-state index in [1.165, 1.54) is 18.2 Å². The van der Waals surface area contributed by atoms with Gasteiger partial charge in [0.2, 0.25) is 0 Å². The van der Waals surface area contributed by atoms with Crippen molar-refractivity contribution in [2.75, 3.05) is 5.32 Å². The van der Waals surface area contributed by atoms with Crippen molar-refractivity contribution >= 4 is 5.69 Å². The molecule has 5 heteroatoms. The minimum Gasteiger partial charge on any atom is -0.506 e. The molecule has 0 aliphatic heterocycles. The number of pyridine rings is 1. The number of nitrogens with one attached hydrogen (secondary N) is 1. The fourth-order valence-electron chi connectivity index (χ4n) is 1.57. The number of hydrogen-bond acceptors (Lipinski definition) is 3. The van der Waals surface area contributed by atoms with Gasteiger partial charge in [0.05, 0.1) is 6.54 Å². The minimum absolute atomic E-state index is 0.0463. The van der Waals surface area contributed by atoms with Crippen LogP contribution < -0.4 is 5.32 Å². The molecule has 0 bridgehead atoms. The largest absolute Gasteiger partial charge is 0.506 e. The number of benzene rings is 1. The smallest absolute Gasteiger partial charge is 0.138 e. The molecule has 2 rings (SSSR count). The van der Waals surface area contributed by atoms with Crippen molar-refractivity contribution in [3.05, 3.63) is 53.4 Å². The second kappa shape index (κ2) is 5.00. The maximum absolute atomic E-state index is 13.0. The van der Waals surface area contributed by atoms with Crippen LogP contribution in [-0.4, -0.2) is 10.1 Å². The number of nitrogens with zero attached hydrogens (tertiary/aromatic N) is 1. The van der Waals surface area contributed by atoms with Gasteiger partial charge in [-0.15, -0.1) is 0 Å². The highest BCUT2D eigenvalue weighted by atomic mass is 19.1. The third-order valence-electron chi connectivity index (χ3n) is 2.41. The predicted molar refractivity (Wildman–Crippen MR) is 64.3 cm³/mol. The average molecular weight is 250 g/mol. The van der Waals surface area contributed by atoms with Crippen LogP contribution in [0.3, 0.4) is 0 Å². The Kier molecular flexibility index (Phi) is 3.41. The van der Waals surface area contributed by atoms with Crippen molar-refractivity contribution in [1.29, 1.82) is 0 Å². The number of hydrogen-bond donors (Lipinski definition) is 2. The standard InChI is InChI=1S/C13H12F2N2O/c1-8-2-3-13(18)12(17-8)7-16-11-5-9(14)4-10(15)6-11/h2-6,16,18H,7H2,1H3. The van der Waals surface area contributed by atoms with E-state index >= 15 is 0 Å². The van der Waals surface area contributed by atoms with E-state index in [1.54, 1.807) is 13.0 Å². The van der Waals surface area contributed by atoms with Gasteiger partial charge in [0.1, 0.15) is 23.1 Å². The number of aryl methyl sites for hydroxylation is 1. The minimum atomic E-state index is -0.654. The first-order valence-corrected chi connectivity index (χ1v) is 5.40. The predicted octanol–water partition coefficient (Wildman–Crippen LogP) is 2.99. The molecule has 0 saturated carbocycles. The van der Waals surface area contributed by atoms with Gasteiger partial charge in [-0.3, -0.25) is 4.98 Å². The van der Waals surface area contributed by atoms with Gasteiger partial charge < -0.3 is 10.4 Å². The maximum Gasteiger partial charge on any atom is 0.138 e. The monoisotopic (exact) mass is 250 g/mol. The number of anilines is 1. The van der Waals surface area contributed by atoms with Gasteiger partial charge in [0, 0.05) is 17.4 Å². The molecule has 0 saturated heterocycles. The molecular formula is C13H12F2N2O. The van der Waals surface area contributed by atoms with E-state index in [1.807, 2.05) is 0 Å². The van der Waals surface area contributed by atoms with Crippen LogP contribution in [0, 0.1) is 18.6 Å². The molecule has 18 heavy (non-hydrogen) atoms. The molecule has 0 aliphatic rings. The third-order valence-corrected chi connectivity index (χ3v) is 2.41. The van der Waals surface area contributed by atoms with Crippen LogP contribution in [0.15, 0.2) is 30.3 Å². The lowest BCUT2D eigenvalue weighted by Crippen LogP contribution is -2.03. The van der Waals surface area contributed by atoms with Crippen LogP contribution in [-0.2, 0) is 6.54 Å². The quantitative estimate of drug-likeness (QED) is 0.880.